The largest absolute Gasteiger partial charge is 0.243 e. The molecule has 1 aliphatic heterocycles. The Bertz CT molecular complexity index is 657. The minimum absolute atomic E-state index is 0.123. The summed E-state index contributed by atoms with van der Waals surface area (Å²) in [6.07, 6.45) is 7.06. The van der Waals surface area contributed by atoms with Crippen LogP contribution in [0.15, 0.2) is 66.1 Å². The van der Waals surface area contributed by atoms with Gasteiger partial charge in [0.2, 0.25) is 10.0 Å². The first-order valence-electron chi connectivity index (χ1n) is 7.01. The van der Waals surface area contributed by atoms with Crippen molar-refractivity contribution in [1.82, 2.24) is 4.31 Å². The van der Waals surface area contributed by atoms with Gasteiger partial charge in [-0.25, -0.2) is 8.42 Å². The number of aryl methyl sites for hydroxylation is 1. The Morgan fingerprint density at radius 3 is 2.52 bits per heavy atom. The highest BCUT2D eigenvalue weighted by atomic mass is 32.2. The topological polar surface area (TPSA) is 37.4 Å². The van der Waals surface area contributed by atoms with Gasteiger partial charge in [-0.05, 0) is 37.5 Å². The Labute approximate surface area is 127 Å². The van der Waals surface area contributed by atoms with Gasteiger partial charge in [-0.2, -0.15) is 4.31 Å². The van der Waals surface area contributed by atoms with Crippen LogP contribution in [0.2, 0.25) is 0 Å². The number of nitrogens with zero attached hydrogens (tertiary/aromatic N) is 1. The minimum Gasteiger partial charge on any atom is -0.207 e. The molecule has 112 valence electrons. The summed E-state index contributed by atoms with van der Waals surface area (Å²) < 4.78 is 27.2. The summed E-state index contributed by atoms with van der Waals surface area (Å²) in [6.45, 7) is 9.79. The Morgan fingerprint density at radius 1 is 1.29 bits per heavy atom. The highest BCUT2D eigenvalue weighted by Gasteiger charge is 2.34. The fraction of sp³-hybridized carbons (Fsp3) is 0.294. The maximum Gasteiger partial charge on any atom is 0.243 e. The van der Waals surface area contributed by atoms with E-state index >= 15 is 0 Å². The van der Waals surface area contributed by atoms with Gasteiger partial charge in [0.1, 0.15) is 0 Å². The van der Waals surface area contributed by atoms with E-state index in [-0.39, 0.29) is 6.04 Å². The Kier molecular flexibility index (Phi) is 4.80. The third-order valence-corrected chi connectivity index (χ3v) is 5.56. The summed E-state index contributed by atoms with van der Waals surface area (Å²) in [6, 6.07) is 6.86. The molecule has 1 unspecified atom stereocenters. The molecule has 2 rings (SSSR count). The predicted molar refractivity (Wildman–Crippen MR) is 86.6 cm³/mol. The van der Waals surface area contributed by atoms with Crippen molar-refractivity contribution in [3.8, 4) is 0 Å². The SMILES string of the molecule is C=CCCC1C=C(C=C)CN1S(=O)(=O)c1ccc(C)cc1. The molecular weight excluding hydrogens is 282 g/mol. The molecule has 0 N–H and O–H groups in total. The number of hydrogen-bond donors (Lipinski definition) is 0. The fourth-order valence-corrected chi connectivity index (χ4v) is 4.03. The van der Waals surface area contributed by atoms with Crippen LogP contribution in [-0.2, 0) is 10.0 Å². The van der Waals surface area contributed by atoms with Crippen LogP contribution in [0.1, 0.15) is 18.4 Å². The molecule has 21 heavy (non-hydrogen) atoms. The van der Waals surface area contributed by atoms with Crippen LogP contribution in [0.5, 0.6) is 0 Å². The van der Waals surface area contributed by atoms with Gasteiger partial charge < -0.3 is 0 Å². The maximum absolute atomic E-state index is 12.8. The summed E-state index contributed by atoms with van der Waals surface area (Å²) in [5, 5.41) is 0. The minimum atomic E-state index is -3.48. The van der Waals surface area contributed by atoms with E-state index in [1.165, 1.54) is 0 Å². The van der Waals surface area contributed by atoms with E-state index in [0.717, 1.165) is 24.0 Å². The van der Waals surface area contributed by atoms with E-state index < -0.39 is 10.0 Å². The van der Waals surface area contributed by atoms with Gasteiger partial charge in [-0.3, -0.25) is 0 Å². The van der Waals surface area contributed by atoms with Gasteiger partial charge in [0.15, 0.2) is 0 Å². The number of hydrogen-bond acceptors (Lipinski definition) is 2. The zero-order valence-corrected chi connectivity index (χ0v) is 13.1. The third-order valence-electron chi connectivity index (χ3n) is 3.67. The van der Waals surface area contributed by atoms with Crippen LogP contribution >= 0.6 is 0 Å². The molecule has 0 aliphatic carbocycles. The van der Waals surface area contributed by atoms with E-state index in [2.05, 4.69) is 13.2 Å². The van der Waals surface area contributed by atoms with Crippen LogP contribution in [0.25, 0.3) is 0 Å². The zero-order chi connectivity index (χ0) is 15.5. The summed E-state index contributed by atoms with van der Waals surface area (Å²) in [5.41, 5.74) is 2.00. The lowest BCUT2D eigenvalue weighted by Crippen LogP contribution is -2.36. The molecule has 0 saturated heterocycles. The molecule has 4 heteroatoms. The molecule has 1 atom stereocenters. The van der Waals surface area contributed by atoms with Crippen molar-refractivity contribution in [2.45, 2.75) is 30.7 Å². The van der Waals surface area contributed by atoms with Gasteiger partial charge in [0, 0.05) is 12.6 Å². The first-order valence-corrected chi connectivity index (χ1v) is 8.45. The summed E-state index contributed by atoms with van der Waals surface area (Å²) in [7, 11) is -3.48. The highest BCUT2D eigenvalue weighted by Crippen LogP contribution is 2.28. The quantitative estimate of drug-likeness (QED) is 0.755. The number of rotatable bonds is 6. The van der Waals surface area contributed by atoms with Gasteiger partial charge in [-0.15, -0.1) is 6.58 Å². The molecule has 1 aromatic rings. The lowest BCUT2D eigenvalue weighted by Gasteiger charge is -2.24. The van der Waals surface area contributed by atoms with Gasteiger partial charge in [-0.1, -0.05) is 42.5 Å². The van der Waals surface area contributed by atoms with Crippen molar-refractivity contribution in [3.63, 3.8) is 0 Å². The summed E-state index contributed by atoms with van der Waals surface area (Å²) in [5.74, 6) is 0. The number of benzene rings is 1. The molecule has 0 fully saturated rings. The molecule has 0 spiro atoms. The van der Waals surface area contributed by atoms with Crippen molar-refractivity contribution < 1.29 is 8.42 Å². The Balaban J connectivity index is 2.31. The van der Waals surface area contributed by atoms with Crippen molar-refractivity contribution in [3.05, 3.63) is 66.8 Å². The molecule has 1 heterocycles. The van der Waals surface area contributed by atoms with Crippen LogP contribution < -0.4 is 0 Å². The maximum atomic E-state index is 12.8. The van der Waals surface area contributed by atoms with Crippen molar-refractivity contribution >= 4 is 10.0 Å². The Morgan fingerprint density at radius 2 is 1.95 bits per heavy atom. The van der Waals surface area contributed by atoms with Crippen LogP contribution in [-0.4, -0.2) is 25.3 Å². The standard InChI is InChI=1S/C17H21NO2S/c1-4-6-7-16-12-15(5-2)13-18(16)21(19,20)17-10-8-14(3)9-11-17/h4-5,8-12,16H,1-2,6-7,13H2,3H3. The molecular formula is C17H21NO2S. The monoisotopic (exact) mass is 303 g/mol. The zero-order valence-electron chi connectivity index (χ0n) is 12.3. The smallest absolute Gasteiger partial charge is 0.207 e. The van der Waals surface area contributed by atoms with E-state index in [4.69, 9.17) is 0 Å². The number of sulfonamides is 1. The highest BCUT2D eigenvalue weighted by molar-refractivity contribution is 7.89. The molecule has 0 aromatic heterocycles. The second-order valence-electron chi connectivity index (χ2n) is 5.24. The molecule has 1 aliphatic rings. The first-order chi connectivity index (χ1) is 9.98. The molecule has 0 bridgehead atoms. The second-order valence-corrected chi connectivity index (χ2v) is 7.13. The van der Waals surface area contributed by atoms with Gasteiger partial charge in [0.25, 0.3) is 0 Å². The average Bonchev–Trinajstić information content (AvgIpc) is 2.89. The summed E-state index contributed by atoms with van der Waals surface area (Å²) >= 11 is 0. The van der Waals surface area contributed by atoms with Crippen LogP contribution in [0.4, 0.5) is 0 Å². The second kappa shape index (κ2) is 6.41. The lowest BCUT2D eigenvalue weighted by molar-refractivity contribution is 0.394. The van der Waals surface area contributed by atoms with E-state index in [0.29, 0.717) is 11.4 Å². The molecule has 1 aromatic carbocycles. The normalized spacial score (nSPS) is 19.3. The molecule has 3 nitrogen and oxygen atoms in total. The fourth-order valence-electron chi connectivity index (χ4n) is 2.44. The van der Waals surface area contributed by atoms with Crippen molar-refractivity contribution in [2.24, 2.45) is 0 Å². The molecule has 0 radical (unpaired) electrons. The molecule has 0 amide bonds. The van der Waals surface area contributed by atoms with Gasteiger partial charge in [0.05, 0.1) is 4.90 Å². The van der Waals surface area contributed by atoms with Crippen molar-refractivity contribution in [1.29, 1.82) is 0 Å². The average molecular weight is 303 g/mol. The first kappa shape index (κ1) is 15.7. The predicted octanol–water partition coefficient (Wildman–Crippen LogP) is 3.45. The third kappa shape index (κ3) is 3.34. The molecule has 0 saturated carbocycles. The van der Waals surface area contributed by atoms with Crippen LogP contribution in [0, 0.1) is 6.92 Å². The van der Waals surface area contributed by atoms with Crippen LogP contribution in [0.3, 0.4) is 0 Å². The van der Waals surface area contributed by atoms with E-state index in [1.54, 1.807) is 22.5 Å². The Hall–Kier alpha value is -1.65. The van der Waals surface area contributed by atoms with E-state index in [9.17, 15) is 8.42 Å². The van der Waals surface area contributed by atoms with Gasteiger partial charge >= 0.3 is 0 Å². The van der Waals surface area contributed by atoms with E-state index in [1.807, 2.05) is 31.2 Å². The lowest BCUT2D eigenvalue weighted by atomic mass is 10.1. The summed E-state index contributed by atoms with van der Waals surface area (Å²) in [4.78, 5) is 0.343. The van der Waals surface area contributed by atoms with Crippen molar-refractivity contribution in [2.75, 3.05) is 6.54 Å². The number of allylic oxidation sites excluding steroid dienone is 1.